The molecule has 0 radical (unpaired) electrons. The van der Waals surface area contributed by atoms with Gasteiger partial charge in [0, 0.05) is 17.7 Å². The van der Waals surface area contributed by atoms with Gasteiger partial charge in [-0.1, -0.05) is 11.2 Å². The third-order valence-electron chi connectivity index (χ3n) is 2.71. The van der Waals surface area contributed by atoms with Crippen molar-refractivity contribution < 1.29 is 9.32 Å². The Morgan fingerprint density at radius 3 is 3.05 bits per heavy atom. The highest BCUT2D eigenvalue weighted by Gasteiger charge is 2.10. The van der Waals surface area contributed by atoms with Gasteiger partial charge in [-0.05, 0) is 31.7 Å². The molecule has 0 spiro atoms. The van der Waals surface area contributed by atoms with Crippen molar-refractivity contribution in [3.8, 4) is 0 Å². The Kier molecular flexibility index (Phi) is 4.68. The van der Waals surface area contributed by atoms with Crippen LogP contribution in [-0.2, 0) is 11.2 Å². The molecule has 0 aliphatic rings. The molecule has 0 saturated carbocycles. The summed E-state index contributed by atoms with van der Waals surface area (Å²) in [5.41, 5.74) is 0. The number of nitrogens with one attached hydrogen (secondary N) is 1. The number of aryl methyl sites for hydroxylation is 2. The molecule has 0 saturated heterocycles. The summed E-state index contributed by atoms with van der Waals surface area (Å²) in [6, 6.07) is 4.08. The van der Waals surface area contributed by atoms with E-state index in [9.17, 15) is 4.79 Å². The summed E-state index contributed by atoms with van der Waals surface area (Å²) in [6.07, 6.45) is 1.82. The number of carbonyl (C=O) groups excluding carboxylic acids is 1. The van der Waals surface area contributed by atoms with E-state index in [0.717, 1.165) is 0 Å². The first-order chi connectivity index (χ1) is 9.15. The second kappa shape index (κ2) is 6.47. The van der Waals surface area contributed by atoms with Crippen LogP contribution in [0.3, 0.4) is 0 Å². The molecule has 2 heterocycles. The van der Waals surface area contributed by atoms with E-state index >= 15 is 0 Å². The second-order valence-electron chi connectivity index (χ2n) is 4.39. The van der Waals surface area contributed by atoms with E-state index in [1.807, 2.05) is 24.4 Å². The monoisotopic (exact) mass is 279 g/mol. The summed E-state index contributed by atoms with van der Waals surface area (Å²) in [5, 5.41) is 8.70. The number of hydrogen-bond donors (Lipinski definition) is 1. The van der Waals surface area contributed by atoms with E-state index in [1.54, 1.807) is 18.3 Å². The molecule has 6 heteroatoms. The lowest BCUT2D eigenvalue weighted by Crippen LogP contribution is -2.25. The maximum absolute atomic E-state index is 11.8. The number of carbonyl (C=O) groups is 1. The topological polar surface area (TPSA) is 68.0 Å². The average molecular weight is 279 g/mol. The van der Waals surface area contributed by atoms with Gasteiger partial charge in [0.15, 0.2) is 5.82 Å². The summed E-state index contributed by atoms with van der Waals surface area (Å²) < 4.78 is 4.99. The molecule has 102 valence electrons. The largest absolute Gasteiger partial charge is 0.349 e. The van der Waals surface area contributed by atoms with E-state index < -0.39 is 0 Å². The van der Waals surface area contributed by atoms with Gasteiger partial charge in [0.05, 0.1) is 6.04 Å². The van der Waals surface area contributed by atoms with Crippen molar-refractivity contribution in [2.24, 2.45) is 0 Å². The molecule has 0 aliphatic heterocycles. The first kappa shape index (κ1) is 13.7. The highest BCUT2D eigenvalue weighted by Crippen LogP contribution is 2.18. The Hall–Kier alpha value is -1.69. The summed E-state index contributed by atoms with van der Waals surface area (Å²) >= 11 is 1.65. The summed E-state index contributed by atoms with van der Waals surface area (Å²) in [4.78, 5) is 17.0. The number of amides is 1. The molecular formula is C13H17N3O2S. The van der Waals surface area contributed by atoms with Crippen LogP contribution in [0.1, 0.15) is 42.4 Å². The molecule has 2 aromatic heterocycles. The van der Waals surface area contributed by atoms with Crippen LogP contribution in [0.15, 0.2) is 22.0 Å². The Morgan fingerprint density at radius 2 is 2.42 bits per heavy atom. The molecule has 0 unspecified atom stereocenters. The second-order valence-corrected chi connectivity index (χ2v) is 5.37. The van der Waals surface area contributed by atoms with Gasteiger partial charge in [0.25, 0.3) is 0 Å². The molecular weight excluding hydrogens is 262 g/mol. The van der Waals surface area contributed by atoms with E-state index in [0.29, 0.717) is 31.0 Å². The lowest BCUT2D eigenvalue weighted by Gasteiger charge is -2.11. The Bertz CT molecular complexity index is 522. The number of rotatable bonds is 6. The van der Waals surface area contributed by atoms with Crippen molar-refractivity contribution in [1.82, 2.24) is 15.5 Å². The third kappa shape index (κ3) is 4.17. The van der Waals surface area contributed by atoms with Crippen molar-refractivity contribution >= 4 is 17.2 Å². The zero-order valence-corrected chi connectivity index (χ0v) is 11.9. The van der Waals surface area contributed by atoms with Gasteiger partial charge in [-0.3, -0.25) is 4.79 Å². The highest BCUT2D eigenvalue weighted by molar-refractivity contribution is 7.10. The first-order valence-corrected chi connectivity index (χ1v) is 7.15. The fraction of sp³-hybridized carbons (Fsp3) is 0.462. The zero-order chi connectivity index (χ0) is 13.7. The maximum Gasteiger partial charge on any atom is 0.226 e. The van der Waals surface area contributed by atoms with Gasteiger partial charge in [-0.15, -0.1) is 11.3 Å². The van der Waals surface area contributed by atoms with E-state index in [-0.39, 0.29) is 11.9 Å². The van der Waals surface area contributed by atoms with Crippen LogP contribution < -0.4 is 5.32 Å². The van der Waals surface area contributed by atoms with Crippen LogP contribution in [0.4, 0.5) is 0 Å². The first-order valence-electron chi connectivity index (χ1n) is 6.27. The standard InChI is InChI=1S/C13H17N3O2S/c1-9(11-5-4-8-19-11)14-12(17)6-3-7-13-15-10(2)16-18-13/h4-5,8-9H,3,6-7H2,1-2H3,(H,14,17)/t9-/m1/s1. The molecule has 0 fully saturated rings. The summed E-state index contributed by atoms with van der Waals surface area (Å²) in [6.45, 7) is 3.77. The predicted molar refractivity (Wildman–Crippen MR) is 72.8 cm³/mol. The van der Waals surface area contributed by atoms with Crippen molar-refractivity contribution in [3.63, 3.8) is 0 Å². The van der Waals surface area contributed by atoms with E-state index in [2.05, 4.69) is 15.5 Å². The number of hydrogen-bond acceptors (Lipinski definition) is 5. The van der Waals surface area contributed by atoms with Gasteiger partial charge in [-0.2, -0.15) is 4.98 Å². The lowest BCUT2D eigenvalue weighted by atomic mass is 10.2. The Morgan fingerprint density at radius 1 is 1.58 bits per heavy atom. The van der Waals surface area contributed by atoms with Crippen LogP contribution in [0.25, 0.3) is 0 Å². The molecule has 0 aliphatic carbocycles. The number of aromatic nitrogens is 2. The number of thiophene rings is 1. The molecule has 1 amide bonds. The fourth-order valence-corrected chi connectivity index (χ4v) is 2.50. The molecule has 2 rings (SSSR count). The van der Waals surface area contributed by atoms with Crippen LogP contribution in [-0.4, -0.2) is 16.0 Å². The Balaban J connectivity index is 1.70. The quantitative estimate of drug-likeness (QED) is 0.882. The highest BCUT2D eigenvalue weighted by atomic mass is 32.1. The predicted octanol–water partition coefficient (Wildman–Crippen LogP) is 2.64. The molecule has 5 nitrogen and oxygen atoms in total. The molecule has 1 N–H and O–H groups in total. The van der Waals surface area contributed by atoms with Crippen LogP contribution in [0, 0.1) is 6.92 Å². The minimum absolute atomic E-state index is 0.0529. The normalized spacial score (nSPS) is 12.3. The van der Waals surface area contributed by atoms with Gasteiger partial charge in [-0.25, -0.2) is 0 Å². The van der Waals surface area contributed by atoms with Crippen molar-refractivity contribution in [2.75, 3.05) is 0 Å². The minimum atomic E-state index is 0.0529. The molecule has 19 heavy (non-hydrogen) atoms. The molecule has 0 bridgehead atoms. The molecule has 0 aromatic carbocycles. The zero-order valence-electron chi connectivity index (χ0n) is 11.0. The van der Waals surface area contributed by atoms with Gasteiger partial charge < -0.3 is 9.84 Å². The van der Waals surface area contributed by atoms with Crippen LogP contribution in [0.2, 0.25) is 0 Å². The van der Waals surface area contributed by atoms with Gasteiger partial charge in [0.1, 0.15) is 0 Å². The SMILES string of the molecule is Cc1noc(CCCC(=O)N[C@H](C)c2cccs2)n1. The average Bonchev–Trinajstić information content (AvgIpc) is 3.00. The van der Waals surface area contributed by atoms with E-state index in [4.69, 9.17) is 4.52 Å². The van der Waals surface area contributed by atoms with Gasteiger partial charge in [0.2, 0.25) is 11.8 Å². The summed E-state index contributed by atoms with van der Waals surface area (Å²) in [5.74, 6) is 1.28. The maximum atomic E-state index is 11.8. The molecule has 1 atom stereocenters. The van der Waals surface area contributed by atoms with Crippen LogP contribution in [0.5, 0.6) is 0 Å². The van der Waals surface area contributed by atoms with Crippen LogP contribution >= 0.6 is 11.3 Å². The van der Waals surface area contributed by atoms with Crippen molar-refractivity contribution in [1.29, 1.82) is 0 Å². The molecule has 2 aromatic rings. The Labute approximate surface area is 116 Å². The lowest BCUT2D eigenvalue weighted by molar-refractivity contribution is -0.121. The van der Waals surface area contributed by atoms with Gasteiger partial charge >= 0.3 is 0 Å². The third-order valence-corrected chi connectivity index (χ3v) is 3.77. The smallest absolute Gasteiger partial charge is 0.226 e. The minimum Gasteiger partial charge on any atom is -0.349 e. The van der Waals surface area contributed by atoms with Crippen molar-refractivity contribution in [2.45, 2.75) is 39.2 Å². The summed E-state index contributed by atoms with van der Waals surface area (Å²) in [7, 11) is 0. The van der Waals surface area contributed by atoms with E-state index in [1.165, 1.54) is 4.88 Å². The number of nitrogens with zero attached hydrogens (tertiary/aromatic N) is 2. The van der Waals surface area contributed by atoms with Crippen molar-refractivity contribution in [3.05, 3.63) is 34.1 Å². The fourth-order valence-electron chi connectivity index (χ4n) is 1.76.